The predicted octanol–water partition coefficient (Wildman–Crippen LogP) is 1.48. The van der Waals surface area contributed by atoms with Crippen molar-refractivity contribution in [3.8, 4) is 0 Å². The third kappa shape index (κ3) is 1.62. The fourth-order valence-electron chi connectivity index (χ4n) is 1.25. The molecule has 0 saturated heterocycles. The Morgan fingerprint density at radius 1 is 1.91 bits per heavy atom. The van der Waals surface area contributed by atoms with Gasteiger partial charge in [-0.1, -0.05) is 20.4 Å². The van der Waals surface area contributed by atoms with Crippen LogP contribution in [-0.2, 0) is 4.79 Å². The summed E-state index contributed by atoms with van der Waals surface area (Å²) in [5.41, 5.74) is 0.360. The summed E-state index contributed by atoms with van der Waals surface area (Å²) in [4.78, 5) is 10.8. The monoisotopic (exact) mass is 153 g/mol. The van der Waals surface area contributed by atoms with Crippen molar-refractivity contribution < 1.29 is 4.79 Å². The Hall–Kier alpha value is -0.790. The van der Waals surface area contributed by atoms with E-state index in [4.69, 9.17) is 0 Å². The van der Waals surface area contributed by atoms with Gasteiger partial charge in [-0.3, -0.25) is 4.79 Å². The first-order valence-electron chi connectivity index (χ1n) is 4.05. The Labute approximate surface area is 67.7 Å². The zero-order valence-corrected chi connectivity index (χ0v) is 7.18. The summed E-state index contributed by atoms with van der Waals surface area (Å²) in [5, 5.41) is 2.89. The van der Waals surface area contributed by atoms with E-state index in [-0.39, 0.29) is 5.91 Å². The van der Waals surface area contributed by atoms with E-state index in [1.165, 1.54) is 6.08 Å². The molecule has 11 heavy (non-hydrogen) atoms. The fraction of sp³-hybridized carbons (Fsp3) is 0.667. The Morgan fingerprint density at radius 2 is 2.55 bits per heavy atom. The lowest BCUT2D eigenvalue weighted by Crippen LogP contribution is -2.26. The Bertz CT molecular complexity index is 188. The average Bonchev–Trinajstić information content (AvgIpc) is 2.63. The molecule has 2 nitrogen and oxygen atoms in total. The van der Waals surface area contributed by atoms with E-state index in [1.54, 1.807) is 0 Å². The van der Waals surface area contributed by atoms with E-state index in [1.807, 2.05) is 0 Å². The number of rotatable bonds is 3. The summed E-state index contributed by atoms with van der Waals surface area (Å²) in [6.45, 7) is 7.75. The first-order chi connectivity index (χ1) is 5.12. The number of hydrogen-bond acceptors (Lipinski definition) is 1. The summed E-state index contributed by atoms with van der Waals surface area (Å²) >= 11 is 0. The maximum absolute atomic E-state index is 10.8. The van der Waals surface area contributed by atoms with Gasteiger partial charge in [0, 0.05) is 6.04 Å². The first kappa shape index (κ1) is 8.31. The molecule has 62 valence electrons. The van der Waals surface area contributed by atoms with Gasteiger partial charge in [-0.15, -0.1) is 0 Å². The van der Waals surface area contributed by atoms with Gasteiger partial charge in [-0.25, -0.2) is 0 Å². The standard InChI is InChI=1S/C9H15NO/c1-4-8(11)10-7-6-9(7,3)5-2/h4,7H,1,5-6H2,2-3H3,(H,10,11). The van der Waals surface area contributed by atoms with Crippen molar-refractivity contribution in [1.82, 2.24) is 5.32 Å². The lowest BCUT2D eigenvalue weighted by molar-refractivity contribution is -0.116. The molecule has 2 atom stereocenters. The summed E-state index contributed by atoms with van der Waals surface area (Å²) in [6, 6.07) is 0.387. The average molecular weight is 153 g/mol. The quantitative estimate of drug-likeness (QED) is 0.611. The first-order valence-corrected chi connectivity index (χ1v) is 4.05. The summed E-state index contributed by atoms with van der Waals surface area (Å²) in [5.74, 6) is -0.0489. The molecular weight excluding hydrogens is 138 g/mol. The molecule has 2 heteroatoms. The van der Waals surface area contributed by atoms with Gasteiger partial charge in [0.2, 0.25) is 5.91 Å². The second kappa shape index (κ2) is 2.68. The van der Waals surface area contributed by atoms with Gasteiger partial charge in [-0.2, -0.15) is 0 Å². The van der Waals surface area contributed by atoms with Crippen LogP contribution in [0.5, 0.6) is 0 Å². The van der Waals surface area contributed by atoms with Crippen LogP contribution in [0.1, 0.15) is 26.7 Å². The lowest BCUT2D eigenvalue weighted by Gasteiger charge is -2.06. The molecule has 1 rings (SSSR count). The minimum atomic E-state index is -0.0489. The van der Waals surface area contributed by atoms with Gasteiger partial charge < -0.3 is 5.32 Å². The van der Waals surface area contributed by atoms with Crippen molar-refractivity contribution in [1.29, 1.82) is 0 Å². The maximum Gasteiger partial charge on any atom is 0.243 e. The minimum Gasteiger partial charge on any atom is -0.349 e. The molecule has 1 N–H and O–H groups in total. The van der Waals surface area contributed by atoms with Crippen molar-refractivity contribution in [3.05, 3.63) is 12.7 Å². The van der Waals surface area contributed by atoms with E-state index in [0.717, 1.165) is 12.8 Å². The highest BCUT2D eigenvalue weighted by Crippen LogP contribution is 2.48. The third-order valence-corrected chi connectivity index (χ3v) is 2.66. The highest BCUT2D eigenvalue weighted by molar-refractivity contribution is 5.87. The van der Waals surface area contributed by atoms with Crippen LogP contribution >= 0.6 is 0 Å². The van der Waals surface area contributed by atoms with Crippen LogP contribution in [0.15, 0.2) is 12.7 Å². The van der Waals surface area contributed by atoms with E-state index >= 15 is 0 Å². The number of amides is 1. The van der Waals surface area contributed by atoms with E-state index < -0.39 is 0 Å². The molecule has 0 bridgehead atoms. The maximum atomic E-state index is 10.8. The van der Waals surface area contributed by atoms with Crippen LogP contribution in [0.4, 0.5) is 0 Å². The van der Waals surface area contributed by atoms with Crippen LogP contribution in [0.3, 0.4) is 0 Å². The van der Waals surface area contributed by atoms with Gasteiger partial charge in [0.15, 0.2) is 0 Å². The van der Waals surface area contributed by atoms with Crippen LogP contribution in [0.25, 0.3) is 0 Å². The van der Waals surface area contributed by atoms with E-state index in [9.17, 15) is 4.79 Å². The SMILES string of the molecule is C=CC(=O)NC1CC1(C)CC. The highest BCUT2D eigenvalue weighted by atomic mass is 16.1. The predicted molar refractivity (Wildman–Crippen MR) is 45.1 cm³/mol. The minimum absolute atomic E-state index is 0.0489. The zero-order valence-electron chi connectivity index (χ0n) is 7.18. The number of carbonyl (C=O) groups is 1. The van der Waals surface area contributed by atoms with E-state index in [2.05, 4.69) is 25.7 Å². The Morgan fingerprint density at radius 3 is 2.91 bits per heavy atom. The largest absolute Gasteiger partial charge is 0.349 e. The molecule has 2 unspecified atom stereocenters. The lowest BCUT2D eigenvalue weighted by atomic mass is 10.1. The van der Waals surface area contributed by atoms with Crippen molar-refractivity contribution in [2.75, 3.05) is 0 Å². The molecular formula is C9H15NO. The molecule has 0 aromatic heterocycles. The van der Waals surface area contributed by atoms with Gasteiger partial charge >= 0.3 is 0 Å². The van der Waals surface area contributed by atoms with Gasteiger partial charge in [-0.05, 0) is 24.3 Å². The molecule has 0 aliphatic heterocycles. The van der Waals surface area contributed by atoms with Gasteiger partial charge in [0.1, 0.15) is 0 Å². The fourth-order valence-corrected chi connectivity index (χ4v) is 1.25. The number of hydrogen-bond donors (Lipinski definition) is 1. The van der Waals surface area contributed by atoms with Crippen LogP contribution in [-0.4, -0.2) is 11.9 Å². The highest BCUT2D eigenvalue weighted by Gasteiger charge is 2.48. The van der Waals surface area contributed by atoms with Crippen molar-refractivity contribution >= 4 is 5.91 Å². The van der Waals surface area contributed by atoms with Crippen molar-refractivity contribution in [3.63, 3.8) is 0 Å². The molecule has 1 aliphatic carbocycles. The Balaban J connectivity index is 2.33. The molecule has 0 spiro atoms. The van der Waals surface area contributed by atoms with Crippen LogP contribution in [0, 0.1) is 5.41 Å². The van der Waals surface area contributed by atoms with Crippen molar-refractivity contribution in [2.24, 2.45) is 5.41 Å². The molecule has 1 fully saturated rings. The van der Waals surface area contributed by atoms with Crippen LogP contribution < -0.4 is 5.32 Å². The molecule has 0 radical (unpaired) electrons. The molecule has 1 amide bonds. The van der Waals surface area contributed by atoms with Gasteiger partial charge in [0.25, 0.3) is 0 Å². The molecule has 1 saturated carbocycles. The second-order valence-corrected chi connectivity index (χ2v) is 3.48. The van der Waals surface area contributed by atoms with E-state index in [0.29, 0.717) is 11.5 Å². The molecule has 0 aromatic rings. The Kier molecular flexibility index (Phi) is 2.03. The molecule has 0 aromatic carbocycles. The zero-order chi connectivity index (χ0) is 8.48. The second-order valence-electron chi connectivity index (χ2n) is 3.48. The normalized spacial score (nSPS) is 34.5. The summed E-state index contributed by atoms with van der Waals surface area (Å²) in [6.07, 6.45) is 3.58. The van der Waals surface area contributed by atoms with Crippen molar-refractivity contribution in [2.45, 2.75) is 32.7 Å². The number of nitrogens with one attached hydrogen (secondary N) is 1. The molecule has 1 aliphatic rings. The topological polar surface area (TPSA) is 29.1 Å². The summed E-state index contributed by atoms with van der Waals surface area (Å²) in [7, 11) is 0. The summed E-state index contributed by atoms with van der Waals surface area (Å²) < 4.78 is 0. The molecule has 0 heterocycles. The number of carbonyl (C=O) groups excluding carboxylic acids is 1. The smallest absolute Gasteiger partial charge is 0.243 e. The van der Waals surface area contributed by atoms with Crippen LogP contribution in [0.2, 0.25) is 0 Å². The third-order valence-electron chi connectivity index (χ3n) is 2.66. The van der Waals surface area contributed by atoms with Gasteiger partial charge in [0.05, 0.1) is 0 Å².